The molecule has 0 aromatic heterocycles. The summed E-state index contributed by atoms with van der Waals surface area (Å²) in [4.78, 5) is 55.0. The molecule has 5 rings (SSSR count). The van der Waals surface area contributed by atoms with Crippen molar-refractivity contribution < 1.29 is 19.4 Å². The smallest absolute Gasteiger partial charge is 0.323 e. The number of benzene rings is 2. The molecule has 3 heterocycles. The maximum absolute atomic E-state index is 14.1. The zero-order valence-corrected chi connectivity index (χ0v) is 20.4. The van der Waals surface area contributed by atoms with Crippen LogP contribution in [0.5, 0.6) is 0 Å². The number of amides is 2. The molecule has 2 fully saturated rings. The van der Waals surface area contributed by atoms with Crippen LogP contribution in [0.2, 0.25) is 0 Å². The van der Waals surface area contributed by atoms with Gasteiger partial charge in [0.1, 0.15) is 12.2 Å². The van der Waals surface area contributed by atoms with E-state index in [2.05, 4.69) is 5.32 Å². The van der Waals surface area contributed by atoms with Gasteiger partial charge in [0.05, 0.1) is 26.8 Å². The second-order valence-corrected chi connectivity index (χ2v) is 9.56. The Balaban J connectivity index is 1.75. The van der Waals surface area contributed by atoms with Crippen molar-refractivity contribution in [2.24, 2.45) is 0 Å². The highest BCUT2D eigenvalue weighted by Crippen LogP contribution is 2.48. The highest BCUT2D eigenvalue weighted by Gasteiger charge is 2.41. The van der Waals surface area contributed by atoms with Crippen molar-refractivity contribution in [3.63, 3.8) is 0 Å². The van der Waals surface area contributed by atoms with Crippen LogP contribution in [0.25, 0.3) is 0 Å². The first kappa shape index (κ1) is 24.5. The fraction of sp³-hybridized carbons (Fsp3) is 0.440. The Bertz CT molecular complexity index is 1270. The molecule has 0 aliphatic carbocycles. The van der Waals surface area contributed by atoms with Crippen LogP contribution in [0.3, 0.4) is 0 Å². The van der Waals surface area contributed by atoms with Gasteiger partial charge in [-0.15, -0.1) is 0 Å². The number of nitrogens with zero attached hydrogens (tertiary/aromatic N) is 5. The number of hydrogen-bond acceptors (Lipinski definition) is 8. The molecule has 12 heteroatoms. The molecule has 0 unspecified atom stereocenters. The number of nitro groups is 2. The van der Waals surface area contributed by atoms with E-state index in [4.69, 9.17) is 0 Å². The van der Waals surface area contributed by atoms with Gasteiger partial charge >= 0.3 is 11.4 Å². The number of para-hydroxylation sites is 2. The van der Waals surface area contributed by atoms with Gasteiger partial charge < -0.3 is 15.1 Å². The van der Waals surface area contributed by atoms with Crippen molar-refractivity contribution in [3.8, 4) is 0 Å². The first-order valence-corrected chi connectivity index (χ1v) is 12.6. The van der Waals surface area contributed by atoms with Gasteiger partial charge in [0, 0.05) is 32.2 Å². The third-order valence-corrected chi connectivity index (χ3v) is 7.20. The van der Waals surface area contributed by atoms with E-state index >= 15 is 0 Å². The van der Waals surface area contributed by atoms with Gasteiger partial charge in [0.25, 0.3) is 5.91 Å². The zero-order chi connectivity index (χ0) is 26.1. The maximum atomic E-state index is 14.1. The van der Waals surface area contributed by atoms with E-state index in [9.17, 15) is 29.8 Å². The topological polar surface area (TPSA) is 142 Å². The monoisotopic (exact) mass is 508 g/mol. The van der Waals surface area contributed by atoms with Crippen LogP contribution in [0.4, 0.5) is 34.1 Å². The van der Waals surface area contributed by atoms with Crippen molar-refractivity contribution in [1.29, 1.82) is 0 Å². The Kier molecular flexibility index (Phi) is 6.64. The maximum Gasteiger partial charge on any atom is 0.323 e. The lowest BCUT2D eigenvalue weighted by atomic mass is 9.99. The van der Waals surface area contributed by atoms with E-state index < -0.39 is 33.0 Å². The van der Waals surface area contributed by atoms with Crippen LogP contribution in [0.15, 0.2) is 30.3 Å². The summed E-state index contributed by atoms with van der Waals surface area (Å²) in [5.41, 5.74) is -0.0790. The number of anilines is 4. The molecule has 3 aliphatic rings. The SMILES string of the molecule is O=C1CN(C(=O)c2cc([N+](=O)[O-])c(N3CCCCC3)c([N+](=O)[O-])c2N2CCCCC2)c2ccccc2N1. The molecule has 0 atom stereocenters. The summed E-state index contributed by atoms with van der Waals surface area (Å²) < 4.78 is 0. The lowest BCUT2D eigenvalue weighted by molar-refractivity contribution is -0.392. The molecule has 2 saturated heterocycles. The average Bonchev–Trinajstić information content (AvgIpc) is 2.91. The quantitative estimate of drug-likeness (QED) is 0.470. The fourth-order valence-corrected chi connectivity index (χ4v) is 5.54. The van der Waals surface area contributed by atoms with Gasteiger partial charge in [0.2, 0.25) is 5.91 Å². The van der Waals surface area contributed by atoms with Gasteiger partial charge in [-0.1, -0.05) is 12.1 Å². The first-order valence-electron chi connectivity index (χ1n) is 12.6. The van der Waals surface area contributed by atoms with E-state index in [1.54, 1.807) is 29.2 Å². The Hall–Kier alpha value is -4.22. The van der Waals surface area contributed by atoms with Gasteiger partial charge in [-0.2, -0.15) is 0 Å². The highest BCUT2D eigenvalue weighted by atomic mass is 16.6. The summed E-state index contributed by atoms with van der Waals surface area (Å²) in [6, 6.07) is 7.93. The predicted molar refractivity (Wildman–Crippen MR) is 139 cm³/mol. The number of nitro benzene ring substituents is 2. The van der Waals surface area contributed by atoms with E-state index in [0.717, 1.165) is 38.5 Å². The van der Waals surface area contributed by atoms with Crippen LogP contribution >= 0.6 is 0 Å². The molecule has 194 valence electrons. The van der Waals surface area contributed by atoms with Crippen molar-refractivity contribution in [2.75, 3.05) is 52.7 Å². The van der Waals surface area contributed by atoms with Crippen LogP contribution < -0.4 is 20.0 Å². The molecule has 0 spiro atoms. The van der Waals surface area contributed by atoms with Crippen molar-refractivity contribution in [1.82, 2.24) is 0 Å². The summed E-state index contributed by atoms with van der Waals surface area (Å²) in [5, 5.41) is 27.6. The molecular formula is C25H28N6O6. The molecule has 0 radical (unpaired) electrons. The molecule has 2 amide bonds. The van der Waals surface area contributed by atoms with Crippen molar-refractivity contribution in [2.45, 2.75) is 38.5 Å². The molecule has 0 bridgehead atoms. The largest absolute Gasteiger partial charge is 0.365 e. The second kappa shape index (κ2) is 10.0. The molecule has 2 aromatic rings. The highest BCUT2D eigenvalue weighted by molar-refractivity contribution is 6.18. The molecule has 2 aromatic carbocycles. The Morgan fingerprint density at radius 1 is 0.838 bits per heavy atom. The third kappa shape index (κ3) is 4.54. The van der Waals surface area contributed by atoms with Gasteiger partial charge in [-0.3, -0.25) is 34.7 Å². The second-order valence-electron chi connectivity index (χ2n) is 9.56. The summed E-state index contributed by atoms with van der Waals surface area (Å²) >= 11 is 0. The van der Waals surface area contributed by atoms with E-state index in [1.807, 2.05) is 4.90 Å². The number of fused-ring (bicyclic) bond motifs is 1. The summed E-state index contributed by atoms with van der Waals surface area (Å²) in [5.74, 6) is -1.10. The summed E-state index contributed by atoms with van der Waals surface area (Å²) in [7, 11) is 0. The van der Waals surface area contributed by atoms with Crippen LogP contribution in [0.1, 0.15) is 48.9 Å². The normalized spacial score (nSPS) is 17.7. The van der Waals surface area contributed by atoms with Gasteiger partial charge in [-0.05, 0) is 50.7 Å². The first-order chi connectivity index (χ1) is 17.9. The predicted octanol–water partition coefficient (Wildman–Crippen LogP) is 4.08. The van der Waals surface area contributed by atoms with Gasteiger partial charge in [-0.25, -0.2) is 0 Å². The van der Waals surface area contributed by atoms with Crippen LogP contribution in [0, 0.1) is 20.2 Å². The van der Waals surface area contributed by atoms with E-state index in [-0.39, 0.29) is 23.5 Å². The van der Waals surface area contributed by atoms with E-state index in [1.165, 1.54) is 11.0 Å². The third-order valence-electron chi connectivity index (χ3n) is 7.20. The number of carbonyl (C=O) groups is 2. The molecule has 1 N–H and O–H groups in total. The fourth-order valence-electron chi connectivity index (χ4n) is 5.54. The summed E-state index contributed by atoms with van der Waals surface area (Å²) in [6.45, 7) is 1.62. The average molecular weight is 509 g/mol. The minimum Gasteiger partial charge on any atom is -0.365 e. The molecule has 12 nitrogen and oxygen atoms in total. The zero-order valence-electron chi connectivity index (χ0n) is 20.4. The number of nitrogens with one attached hydrogen (secondary N) is 1. The minimum absolute atomic E-state index is 0.0383. The lowest BCUT2D eigenvalue weighted by Gasteiger charge is -2.34. The molecular weight excluding hydrogens is 480 g/mol. The molecule has 3 aliphatic heterocycles. The summed E-state index contributed by atoms with van der Waals surface area (Å²) in [6.07, 6.45) is 5.02. The van der Waals surface area contributed by atoms with Gasteiger partial charge in [0.15, 0.2) is 5.69 Å². The Morgan fingerprint density at radius 3 is 2.03 bits per heavy atom. The van der Waals surface area contributed by atoms with E-state index in [0.29, 0.717) is 37.6 Å². The molecule has 0 saturated carbocycles. The van der Waals surface area contributed by atoms with Crippen molar-refractivity contribution in [3.05, 3.63) is 56.1 Å². The lowest BCUT2D eigenvalue weighted by Crippen LogP contribution is -2.43. The number of piperidine rings is 2. The number of rotatable bonds is 5. The number of carbonyl (C=O) groups excluding carboxylic acids is 2. The minimum atomic E-state index is -0.681. The van der Waals surface area contributed by atoms with Crippen LogP contribution in [-0.4, -0.2) is 54.4 Å². The Labute approximate surface area is 213 Å². The number of hydrogen-bond donors (Lipinski definition) is 1. The standard InChI is InChI=1S/C25H28N6O6/c32-21-16-29(19-10-4-3-9-18(19)26-21)25(33)17-15-20(30(34)35)23(28-13-7-2-8-14-28)24(31(36)37)22(17)27-11-5-1-6-12-27/h3-4,9-10,15H,1-2,5-8,11-14,16H2,(H,26,32). The molecule has 37 heavy (non-hydrogen) atoms. The van der Waals surface area contributed by atoms with Crippen LogP contribution in [-0.2, 0) is 4.79 Å². The Morgan fingerprint density at radius 2 is 1.43 bits per heavy atom. The van der Waals surface area contributed by atoms with Crippen molar-refractivity contribution >= 4 is 45.9 Å².